The third kappa shape index (κ3) is 4.20. The minimum Gasteiger partial charge on any atom is -0.340 e. The molecule has 0 aliphatic rings. The Morgan fingerprint density at radius 1 is 1.14 bits per heavy atom. The highest BCUT2D eigenvalue weighted by molar-refractivity contribution is 7.89. The number of aryl methyl sites for hydroxylation is 1. The summed E-state index contributed by atoms with van der Waals surface area (Å²) in [6.45, 7) is 0. The Kier molecular flexibility index (Phi) is 5.22. The molecule has 0 aliphatic carbocycles. The van der Waals surface area contributed by atoms with E-state index in [0.29, 0.717) is 22.5 Å². The van der Waals surface area contributed by atoms with Gasteiger partial charge in [-0.15, -0.1) is 5.10 Å². The average Bonchev–Trinajstić information content (AvgIpc) is 3.08. The summed E-state index contributed by atoms with van der Waals surface area (Å²) in [6.07, 6.45) is -1.12. The lowest BCUT2D eigenvalue weighted by Gasteiger charge is -2.11. The molecule has 28 heavy (non-hydrogen) atoms. The van der Waals surface area contributed by atoms with Gasteiger partial charge in [0.1, 0.15) is 0 Å². The van der Waals surface area contributed by atoms with Gasteiger partial charge < -0.3 is 4.57 Å². The van der Waals surface area contributed by atoms with Crippen molar-refractivity contribution in [2.45, 2.75) is 17.5 Å². The number of halogens is 3. The van der Waals surface area contributed by atoms with E-state index >= 15 is 0 Å². The molecule has 148 valence electrons. The molecule has 1 aromatic carbocycles. The van der Waals surface area contributed by atoms with Crippen LogP contribution in [-0.2, 0) is 29.7 Å². The molecule has 2 aromatic heterocycles. The first kappa shape index (κ1) is 20.0. The maximum Gasteiger partial charge on any atom is 0.435 e. The van der Waals surface area contributed by atoms with Crippen LogP contribution in [0.5, 0.6) is 0 Å². The van der Waals surface area contributed by atoms with E-state index in [4.69, 9.17) is 0 Å². The van der Waals surface area contributed by atoms with Crippen LogP contribution in [0.25, 0.3) is 11.3 Å². The fourth-order valence-electron chi connectivity index (χ4n) is 2.59. The number of sulfonamides is 1. The second-order valence-corrected chi connectivity index (χ2v) is 7.92. The Morgan fingerprint density at radius 2 is 1.89 bits per heavy atom. The van der Waals surface area contributed by atoms with E-state index in [0.717, 1.165) is 6.07 Å². The number of nitrogens with zero attached hydrogens (tertiary/aromatic N) is 4. The smallest absolute Gasteiger partial charge is 0.340 e. The minimum atomic E-state index is -4.56. The lowest BCUT2D eigenvalue weighted by atomic mass is 10.0. The largest absolute Gasteiger partial charge is 0.435 e. The molecule has 0 spiro atoms. The van der Waals surface area contributed by atoms with Crippen molar-refractivity contribution in [2.75, 3.05) is 7.05 Å². The molecular weight excluding hydrogens is 395 g/mol. The summed E-state index contributed by atoms with van der Waals surface area (Å²) in [5.74, 6) is 0. The maximum absolute atomic E-state index is 12.6. The molecule has 0 fully saturated rings. The number of benzene rings is 1. The summed E-state index contributed by atoms with van der Waals surface area (Å²) < 4.78 is 66.1. The monoisotopic (exact) mass is 411 g/mol. The highest BCUT2D eigenvalue weighted by atomic mass is 32.2. The average molecular weight is 411 g/mol. The highest BCUT2D eigenvalue weighted by Crippen LogP contribution is 2.29. The number of aromatic nitrogens is 4. The predicted octanol–water partition coefficient (Wildman–Crippen LogP) is 2.39. The number of alkyl halides is 3. The molecule has 11 heteroatoms. The zero-order valence-electron chi connectivity index (χ0n) is 14.9. The van der Waals surface area contributed by atoms with Crippen molar-refractivity contribution in [3.8, 4) is 11.3 Å². The Morgan fingerprint density at radius 3 is 2.43 bits per heavy atom. The van der Waals surface area contributed by atoms with E-state index in [1.54, 1.807) is 30.2 Å². The van der Waals surface area contributed by atoms with Crippen LogP contribution in [0, 0.1) is 0 Å². The summed E-state index contributed by atoms with van der Waals surface area (Å²) >= 11 is 0. The first-order valence-corrected chi connectivity index (χ1v) is 9.53. The van der Waals surface area contributed by atoms with E-state index in [-0.39, 0.29) is 11.3 Å². The van der Waals surface area contributed by atoms with Crippen molar-refractivity contribution >= 4 is 10.0 Å². The number of hydrogen-bond donors (Lipinski definition) is 1. The van der Waals surface area contributed by atoms with Crippen molar-refractivity contribution in [1.82, 2.24) is 24.5 Å². The van der Waals surface area contributed by atoms with Gasteiger partial charge in [0.05, 0.1) is 22.6 Å². The molecule has 0 saturated heterocycles. The zero-order chi connectivity index (χ0) is 20.5. The quantitative estimate of drug-likeness (QED) is 0.696. The van der Waals surface area contributed by atoms with E-state index in [2.05, 4.69) is 19.9 Å². The maximum atomic E-state index is 12.6. The topological polar surface area (TPSA) is 89.8 Å². The number of imidazole rings is 1. The zero-order valence-corrected chi connectivity index (χ0v) is 15.7. The van der Waals surface area contributed by atoms with Gasteiger partial charge in [-0.3, -0.25) is 0 Å². The molecule has 3 rings (SSSR count). The van der Waals surface area contributed by atoms with Gasteiger partial charge in [0.15, 0.2) is 5.69 Å². The molecule has 0 radical (unpaired) electrons. The summed E-state index contributed by atoms with van der Waals surface area (Å²) in [7, 11) is -0.594. The van der Waals surface area contributed by atoms with Gasteiger partial charge in [0, 0.05) is 25.2 Å². The van der Waals surface area contributed by atoms with Crippen LogP contribution >= 0.6 is 0 Å². The number of nitrogens with one attached hydrogen (secondary N) is 1. The first-order valence-electron chi connectivity index (χ1n) is 8.05. The molecule has 0 atom stereocenters. The lowest BCUT2D eigenvalue weighted by molar-refractivity contribution is -0.141. The van der Waals surface area contributed by atoms with Crippen LogP contribution in [0.3, 0.4) is 0 Å². The summed E-state index contributed by atoms with van der Waals surface area (Å²) in [6, 6.07) is 6.60. The van der Waals surface area contributed by atoms with Crippen molar-refractivity contribution < 1.29 is 21.6 Å². The predicted molar refractivity (Wildman–Crippen MR) is 94.7 cm³/mol. The SMILES string of the molecule is CNS(=O)(=O)c1ccc(Cc2ccc(C(F)(F)F)nn2)c(-c2cn(C)cn2)c1. The second kappa shape index (κ2) is 7.32. The molecule has 3 aromatic rings. The van der Waals surface area contributed by atoms with Crippen LogP contribution in [0.4, 0.5) is 13.2 Å². The first-order chi connectivity index (χ1) is 13.1. The Labute approximate surface area is 159 Å². The van der Waals surface area contributed by atoms with Crippen LogP contribution in [0.2, 0.25) is 0 Å². The number of rotatable bonds is 5. The van der Waals surface area contributed by atoms with Crippen LogP contribution < -0.4 is 4.72 Å². The third-order valence-electron chi connectivity index (χ3n) is 4.02. The summed E-state index contributed by atoms with van der Waals surface area (Å²) in [5, 5.41) is 6.86. The Balaban J connectivity index is 2.03. The van der Waals surface area contributed by atoms with Crippen LogP contribution in [0.1, 0.15) is 17.0 Å². The van der Waals surface area contributed by atoms with Gasteiger partial charge in [-0.25, -0.2) is 18.1 Å². The van der Waals surface area contributed by atoms with Crippen molar-refractivity contribution in [1.29, 1.82) is 0 Å². The molecule has 0 bridgehead atoms. The standard InChI is InChI=1S/C17H16F3N5O2S/c1-21-28(26,27)13-5-3-11(14(8-13)15-9-25(2)10-22-15)7-12-4-6-16(24-23-12)17(18,19)20/h3-6,8-10,21H,7H2,1-2H3. The van der Waals surface area contributed by atoms with Gasteiger partial charge in [-0.05, 0) is 36.9 Å². The molecule has 0 amide bonds. The fourth-order valence-corrected chi connectivity index (χ4v) is 3.34. The van der Waals surface area contributed by atoms with Crippen molar-refractivity contribution in [3.63, 3.8) is 0 Å². The molecule has 0 unspecified atom stereocenters. The Hall–Kier alpha value is -2.79. The van der Waals surface area contributed by atoms with E-state index < -0.39 is 21.9 Å². The van der Waals surface area contributed by atoms with Crippen molar-refractivity contribution in [2.24, 2.45) is 7.05 Å². The van der Waals surface area contributed by atoms with E-state index in [1.807, 2.05) is 0 Å². The molecule has 7 nitrogen and oxygen atoms in total. The third-order valence-corrected chi connectivity index (χ3v) is 5.43. The lowest BCUT2D eigenvalue weighted by Crippen LogP contribution is -2.18. The van der Waals surface area contributed by atoms with Gasteiger partial charge in [0.2, 0.25) is 10.0 Å². The molecule has 2 heterocycles. The van der Waals surface area contributed by atoms with Crippen LogP contribution in [0.15, 0.2) is 47.8 Å². The van der Waals surface area contributed by atoms with Gasteiger partial charge in [0.25, 0.3) is 0 Å². The minimum absolute atomic E-state index is 0.0536. The van der Waals surface area contributed by atoms with Gasteiger partial charge in [-0.2, -0.15) is 18.3 Å². The van der Waals surface area contributed by atoms with Crippen LogP contribution in [-0.4, -0.2) is 35.2 Å². The van der Waals surface area contributed by atoms with Crippen molar-refractivity contribution in [3.05, 3.63) is 59.8 Å². The van der Waals surface area contributed by atoms with E-state index in [9.17, 15) is 21.6 Å². The Bertz CT molecular complexity index is 1090. The highest BCUT2D eigenvalue weighted by Gasteiger charge is 2.32. The second-order valence-electron chi connectivity index (χ2n) is 6.04. The normalized spacial score (nSPS) is 12.3. The molecular formula is C17H16F3N5O2S. The van der Waals surface area contributed by atoms with Gasteiger partial charge in [-0.1, -0.05) is 6.07 Å². The fraction of sp³-hybridized carbons (Fsp3) is 0.235. The summed E-state index contributed by atoms with van der Waals surface area (Å²) in [4.78, 5) is 4.30. The molecule has 0 aliphatic heterocycles. The van der Waals surface area contributed by atoms with E-state index in [1.165, 1.54) is 25.2 Å². The number of hydrogen-bond acceptors (Lipinski definition) is 5. The molecule has 0 saturated carbocycles. The van der Waals surface area contributed by atoms with Gasteiger partial charge >= 0.3 is 6.18 Å². The molecule has 1 N–H and O–H groups in total. The summed E-state index contributed by atoms with van der Waals surface area (Å²) in [5.41, 5.74) is 0.970.